The third-order valence-corrected chi connectivity index (χ3v) is 6.96. The maximum Gasteiger partial charge on any atom is 0.0960 e. The van der Waals surface area contributed by atoms with Crippen molar-refractivity contribution in [2.24, 2.45) is 5.92 Å². The smallest absolute Gasteiger partial charge is 0.0960 e. The van der Waals surface area contributed by atoms with Gasteiger partial charge in [0.05, 0.1) is 28.7 Å². The number of aliphatic hydroxyl groups is 1. The molecule has 30 heavy (non-hydrogen) atoms. The molecule has 1 saturated heterocycles. The molecule has 6 nitrogen and oxygen atoms in total. The minimum absolute atomic E-state index is 0.230. The van der Waals surface area contributed by atoms with Gasteiger partial charge in [0.15, 0.2) is 0 Å². The van der Waals surface area contributed by atoms with Gasteiger partial charge in [0.25, 0.3) is 0 Å². The number of hydrogen-bond donors (Lipinski definition) is 3. The normalized spacial score (nSPS) is 20.3. The zero-order valence-corrected chi connectivity index (χ0v) is 17.4. The lowest BCUT2D eigenvalue weighted by Gasteiger charge is -2.23. The summed E-state index contributed by atoms with van der Waals surface area (Å²) in [5.74, 6) is 0.326. The summed E-state index contributed by atoms with van der Waals surface area (Å²) in [6.07, 6.45) is 9.43. The number of benzene rings is 2. The molecule has 1 aliphatic carbocycles. The van der Waals surface area contributed by atoms with E-state index >= 15 is 0 Å². The van der Waals surface area contributed by atoms with Gasteiger partial charge in [-0.2, -0.15) is 0 Å². The number of anilines is 3. The number of fused-ring (bicyclic) bond motifs is 1. The molecule has 0 bridgehead atoms. The van der Waals surface area contributed by atoms with Crippen molar-refractivity contribution in [2.75, 3.05) is 36.1 Å². The maximum absolute atomic E-state index is 9.48. The first kappa shape index (κ1) is 19.2. The van der Waals surface area contributed by atoms with Crippen LogP contribution in [-0.4, -0.2) is 34.4 Å². The average molecular weight is 406 g/mol. The quantitative estimate of drug-likeness (QED) is 0.566. The Morgan fingerprint density at radius 2 is 1.87 bits per heavy atom. The van der Waals surface area contributed by atoms with Crippen LogP contribution >= 0.6 is 0 Å². The van der Waals surface area contributed by atoms with Crippen molar-refractivity contribution in [3.05, 3.63) is 36.7 Å². The zero-order chi connectivity index (χ0) is 20.7. The van der Waals surface area contributed by atoms with Crippen LogP contribution < -0.4 is 16.4 Å². The number of aliphatic hydroxyl groups excluding tert-OH is 1. The predicted molar refractivity (Wildman–Crippen MR) is 124 cm³/mol. The molecule has 2 heterocycles. The van der Waals surface area contributed by atoms with Crippen LogP contribution in [0.2, 0.25) is 0 Å². The highest BCUT2D eigenvalue weighted by Crippen LogP contribution is 2.38. The van der Waals surface area contributed by atoms with Crippen molar-refractivity contribution in [1.82, 2.24) is 9.55 Å². The molecule has 3 aromatic rings. The summed E-state index contributed by atoms with van der Waals surface area (Å²) in [4.78, 5) is 6.99. The van der Waals surface area contributed by atoms with Crippen molar-refractivity contribution in [2.45, 2.75) is 44.6 Å². The van der Waals surface area contributed by atoms with Crippen LogP contribution in [0.15, 0.2) is 36.7 Å². The van der Waals surface area contributed by atoms with Crippen LogP contribution in [-0.2, 0) is 0 Å². The Balaban J connectivity index is 1.50. The molecular formula is C24H31N5O. The van der Waals surface area contributed by atoms with Crippen molar-refractivity contribution >= 4 is 28.1 Å². The Morgan fingerprint density at radius 1 is 1.03 bits per heavy atom. The molecule has 5 N–H and O–H groups in total. The van der Waals surface area contributed by atoms with E-state index in [1.807, 2.05) is 12.4 Å². The summed E-state index contributed by atoms with van der Waals surface area (Å²) in [6, 6.07) is 11.1. The summed E-state index contributed by atoms with van der Waals surface area (Å²) in [5, 5.41) is 9.48. The number of imidazole rings is 1. The number of nitrogens with two attached hydrogens (primary N) is 2. The van der Waals surface area contributed by atoms with Crippen molar-refractivity contribution in [3.63, 3.8) is 0 Å². The fourth-order valence-corrected chi connectivity index (χ4v) is 5.15. The van der Waals surface area contributed by atoms with Gasteiger partial charge in [-0.15, -0.1) is 0 Å². The molecule has 5 rings (SSSR count). The van der Waals surface area contributed by atoms with E-state index in [0.717, 1.165) is 41.8 Å². The van der Waals surface area contributed by atoms with Gasteiger partial charge in [-0.05, 0) is 49.1 Å². The van der Waals surface area contributed by atoms with E-state index in [0.29, 0.717) is 23.3 Å². The molecule has 0 radical (unpaired) electrons. The van der Waals surface area contributed by atoms with Crippen molar-refractivity contribution in [3.8, 4) is 11.1 Å². The van der Waals surface area contributed by atoms with Crippen LogP contribution in [0.1, 0.15) is 44.6 Å². The molecular weight excluding hydrogens is 374 g/mol. The Kier molecular flexibility index (Phi) is 5.03. The van der Waals surface area contributed by atoms with Gasteiger partial charge < -0.3 is 26.0 Å². The van der Waals surface area contributed by atoms with E-state index in [4.69, 9.17) is 16.5 Å². The second-order valence-corrected chi connectivity index (χ2v) is 8.93. The molecule has 1 aliphatic heterocycles. The van der Waals surface area contributed by atoms with Gasteiger partial charge >= 0.3 is 0 Å². The molecule has 6 heteroatoms. The number of nitrogens with zero attached hydrogens (tertiary/aromatic N) is 3. The van der Waals surface area contributed by atoms with Crippen LogP contribution in [0, 0.1) is 5.92 Å². The fraction of sp³-hybridized carbons (Fsp3) is 0.458. The standard InChI is InChI=1S/C24H31N5O/c25-21-12-19(28-9-8-16(13-28)14-30)11-20(24(21)26)17-6-7-23-22(10-17)27-15-29(23)18-4-2-1-3-5-18/h6-7,10-12,15-16,18,30H,1-5,8-9,13-14,25-26H2. The minimum atomic E-state index is 0.230. The second kappa shape index (κ2) is 7.84. The molecule has 2 fully saturated rings. The van der Waals surface area contributed by atoms with Gasteiger partial charge in [0.1, 0.15) is 0 Å². The Bertz CT molecular complexity index is 1050. The monoisotopic (exact) mass is 405 g/mol. The predicted octanol–water partition coefficient (Wildman–Crippen LogP) is 4.19. The van der Waals surface area contributed by atoms with E-state index in [1.54, 1.807) is 0 Å². The first-order chi connectivity index (χ1) is 14.6. The highest BCUT2D eigenvalue weighted by Gasteiger charge is 2.23. The van der Waals surface area contributed by atoms with Crippen LogP contribution in [0.5, 0.6) is 0 Å². The van der Waals surface area contributed by atoms with E-state index in [-0.39, 0.29) is 6.61 Å². The van der Waals surface area contributed by atoms with Gasteiger partial charge in [-0.25, -0.2) is 4.98 Å². The molecule has 1 saturated carbocycles. The molecule has 2 aromatic carbocycles. The Hall–Kier alpha value is -2.73. The number of aromatic nitrogens is 2. The summed E-state index contributed by atoms with van der Waals surface area (Å²) < 4.78 is 2.35. The second-order valence-electron chi connectivity index (χ2n) is 8.93. The number of nitrogen functional groups attached to an aromatic ring is 2. The van der Waals surface area contributed by atoms with E-state index in [2.05, 4.69) is 33.7 Å². The van der Waals surface area contributed by atoms with Gasteiger partial charge in [0.2, 0.25) is 0 Å². The van der Waals surface area contributed by atoms with E-state index in [9.17, 15) is 5.11 Å². The van der Waals surface area contributed by atoms with Crippen LogP contribution in [0.25, 0.3) is 22.2 Å². The van der Waals surface area contributed by atoms with Crippen LogP contribution in [0.3, 0.4) is 0 Å². The molecule has 158 valence electrons. The third-order valence-electron chi connectivity index (χ3n) is 6.96. The lowest BCUT2D eigenvalue weighted by Crippen LogP contribution is -2.21. The summed E-state index contributed by atoms with van der Waals surface area (Å²) in [6.45, 7) is 2.01. The fourth-order valence-electron chi connectivity index (χ4n) is 5.15. The van der Waals surface area contributed by atoms with Crippen molar-refractivity contribution in [1.29, 1.82) is 0 Å². The summed E-state index contributed by atoms with van der Waals surface area (Å²) >= 11 is 0. The van der Waals surface area contributed by atoms with Gasteiger partial charge in [0, 0.05) is 42.9 Å². The highest BCUT2D eigenvalue weighted by atomic mass is 16.3. The molecule has 1 aromatic heterocycles. The van der Waals surface area contributed by atoms with Gasteiger partial charge in [-0.1, -0.05) is 25.3 Å². The molecule has 1 unspecified atom stereocenters. The first-order valence-electron chi connectivity index (χ1n) is 11.2. The van der Waals surface area contributed by atoms with Crippen molar-refractivity contribution < 1.29 is 5.11 Å². The summed E-state index contributed by atoms with van der Waals surface area (Å²) in [5.41, 5.74) is 19.2. The zero-order valence-electron chi connectivity index (χ0n) is 17.4. The Morgan fingerprint density at radius 3 is 2.63 bits per heavy atom. The maximum atomic E-state index is 9.48. The highest BCUT2D eigenvalue weighted by molar-refractivity contribution is 5.91. The van der Waals surface area contributed by atoms with Gasteiger partial charge in [-0.3, -0.25) is 0 Å². The molecule has 0 spiro atoms. The molecule has 0 amide bonds. The SMILES string of the molecule is Nc1cc(N2CCC(CO)C2)cc(-c2ccc3c(c2)ncn3C2CCCCC2)c1N. The largest absolute Gasteiger partial charge is 0.397 e. The van der Waals surface area contributed by atoms with Crippen LogP contribution in [0.4, 0.5) is 17.1 Å². The number of rotatable bonds is 4. The number of hydrogen-bond acceptors (Lipinski definition) is 5. The van der Waals surface area contributed by atoms with E-state index < -0.39 is 0 Å². The molecule has 2 aliphatic rings. The minimum Gasteiger partial charge on any atom is -0.397 e. The topological polar surface area (TPSA) is 93.3 Å². The summed E-state index contributed by atoms with van der Waals surface area (Å²) in [7, 11) is 0. The first-order valence-corrected chi connectivity index (χ1v) is 11.2. The lowest BCUT2D eigenvalue weighted by atomic mass is 9.95. The lowest BCUT2D eigenvalue weighted by molar-refractivity contribution is 0.238. The average Bonchev–Trinajstić information content (AvgIpc) is 3.43. The third kappa shape index (κ3) is 3.39. The Labute approximate surface area is 177 Å². The molecule has 1 atom stereocenters. The van der Waals surface area contributed by atoms with E-state index in [1.165, 1.54) is 37.6 Å².